The van der Waals surface area contributed by atoms with Gasteiger partial charge in [0, 0.05) is 30.6 Å². The lowest BCUT2D eigenvalue weighted by molar-refractivity contribution is -0.131. The summed E-state index contributed by atoms with van der Waals surface area (Å²) in [6.45, 7) is 3.44. The largest absolute Gasteiger partial charge is 0.511 e. The minimum absolute atomic E-state index is 0.217. The topological polar surface area (TPSA) is 73.0 Å². The number of nitrogens with one attached hydrogen (secondary N) is 1. The number of carbonyl (C=O) groups is 1. The molecule has 1 aromatic heterocycles. The van der Waals surface area contributed by atoms with Crippen LogP contribution in [0.2, 0.25) is 0 Å². The van der Waals surface area contributed by atoms with Crippen molar-refractivity contribution in [1.82, 2.24) is 9.88 Å². The smallest absolute Gasteiger partial charge is 0.454 e. The number of H-pyrrole nitrogens is 1. The Morgan fingerprint density at radius 1 is 1.40 bits per heavy atom. The van der Waals surface area contributed by atoms with Gasteiger partial charge in [0.1, 0.15) is 5.75 Å². The number of fused-ring (bicyclic) bond motifs is 1. The van der Waals surface area contributed by atoms with E-state index in [1.807, 2.05) is 38.5 Å². The molecule has 1 atom stereocenters. The standard InChI is InChI=1S/C18H24N2O5/c1-12(24-18(21)25-14-10-22-11-14)23-16-6-4-5-15-17(16)13(9-19-15)7-8-20(2)3/h4-6,9,12,14,19H,7-8,10-11H2,1-3H3. The summed E-state index contributed by atoms with van der Waals surface area (Å²) in [6.07, 6.45) is 1.18. The van der Waals surface area contributed by atoms with Crippen molar-refractivity contribution < 1.29 is 23.7 Å². The summed E-state index contributed by atoms with van der Waals surface area (Å²) in [5, 5.41) is 1.01. The van der Waals surface area contributed by atoms with Gasteiger partial charge < -0.3 is 28.8 Å². The van der Waals surface area contributed by atoms with E-state index in [9.17, 15) is 4.79 Å². The quantitative estimate of drug-likeness (QED) is 0.612. The van der Waals surface area contributed by atoms with Crippen molar-refractivity contribution in [2.75, 3.05) is 33.9 Å². The maximum atomic E-state index is 11.7. The molecular formula is C18H24N2O5. The van der Waals surface area contributed by atoms with Crippen LogP contribution in [0.25, 0.3) is 10.9 Å². The molecule has 1 fully saturated rings. The second-order valence-electron chi connectivity index (χ2n) is 6.38. The van der Waals surface area contributed by atoms with Crippen molar-refractivity contribution in [2.45, 2.75) is 25.7 Å². The highest BCUT2D eigenvalue weighted by Crippen LogP contribution is 2.30. The van der Waals surface area contributed by atoms with Crippen LogP contribution in [0.1, 0.15) is 12.5 Å². The Bertz CT molecular complexity index is 723. The summed E-state index contributed by atoms with van der Waals surface area (Å²) >= 11 is 0. The summed E-state index contributed by atoms with van der Waals surface area (Å²) in [5.41, 5.74) is 2.16. The molecule has 0 bridgehead atoms. The summed E-state index contributed by atoms with van der Waals surface area (Å²) in [7, 11) is 4.09. The molecule has 1 unspecified atom stereocenters. The third-order valence-electron chi connectivity index (χ3n) is 4.00. The molecule has 1 aromatic carbocycles. The highest BCUT2D eigenvalue weighted by atomic mass is 16.8. The van der Waals surface area contributed by atoms with E-state index in [4.69, 9.17) is 18.9 Å². The molecule has 1 aliphatic heterocycles. The average molecular weight is 348 g/mol. The Kier molecular flexibility index (Phi) is 5.45. The van der Waals surface area contributed by atoms with Crippen LogP contribution in [0.5, 0.6) is 5.75 Å². The first-order valence-electron chi connectivity index (χ1n) is 8.38. The van der Waals surface area contributed by atoms with Gasteiger partial charge in [-0.05, 0) is 38.2 Å². The maximum absolute atomic E-state index is 11.7. The van der Waals surface area contributed by atoms with Crippen LogP contribution in [-0.2, 0) is 20.6 Å². The molecule has 1 N–H and O–H groups in total. The minimum Gasteiger partial charge on any atom is -0.454 e. The molecule has 0 amide bonds. The maximum Gasteiger partial charge on any atom is 0.511 e. The van der Waals surface area contributed by atoms with Crippen LogP contribution in [0.15, 0.2) is 24.4 Å². The lowest BCUT2D eigenvalue weighted by Crippen LogP contribution is -2.38. The van der Waals surface area contributed by atoms with Crippen LogP contribution in [0, 0.1) is 0 Å². The zero-order valence-electron chi connectivity index (χ0n) is 14.8. The Morgan fingerprint density at radius 2 is 2.20 bits per heavy atom. The molecule has 0 saturated carbocycles. The number of carbonyl (C=O) groups excluding carboxylic acids is 1. The Labute approximate surface area is 146 Å². The molecule has 0 aliphatic carbocycles. The first kappa shape index (κ1) is 17.6. The Morgan fingerprint density at radius 3 is 2.88 bits per heavy atom. The molecule has 3 rings (SSSR count). The third kappa shape index (κ3) is 4.43. The van der Waals surface area contributed by atoms with Crippen LogP contribution < -0.4 is 4.74 Å². The molecule has 0 radical (unpaired) electrons. The molecule has 2 heterocycles. The zero-order chi connectivity index (χ0) is 17.8. The van der Waals surface area contributed by atoms with Crippen LogP contribution in [0.4, 0.5) is 4.79 Å². The highest BCUT2D eigenvalue weighted by Gasteiger charge is 2.25. The number of hydrogen-bond donors (Lipinski definition) is 1. The summed E-state index contributed by atoms with van der Waals surface area (Å²) < 4.78 is 21.1. The summed E-state index contributed by atoms with van der Waals surface area (Å²) in [4.78, 5) is 17.1. The molecule has 1 saturated heterocycles. The van der Waals surface area contributed by atoms with E-state index in [-0.39, 0.29) is 6.10 Å². The number of hydrogen-bond acceptors (Lipinski definition) is 6. The second kappa shape index (κ2) is 7.76. The van der Waals surface area contributed by atoms with Crippen LogP contribution >= 0.6 is 0 Å². The van der Waals surface area contributed by atoms with Gasteiger partial charge in [-0.25, -0.2) is 4.79 Å². The molecule has 7 nitrogen and oxygen atoms in total. The van der Waals surface area contributed by atoms with E-state index < -0.39 is 12.4 Å². The first-order valence-corrected chi connectivity index (χ1v) is 8.38. The fourth-order valence-electron chi connectivity index (χ4n) is 2.64. The van der Waals surface area contributed by atoms with E-state index in [1.165, 1.54) is 5.56 Å². The molecule has 7 heteroatoms. The molecule has 136 valence electrons. The van der Waals surface area contributed by atoms with Crippen molar-refractivity contribution in [1.29, 1.82) is 0 Å². The number of benzene rings is 1. The zero-order valence-corrected chi connectivity index (χ0v) is 14.8. The van der Waals surface area contributed by atoms with Crippen molar-refractivity contribution in [3.05, 3.63) is 30.0 Å². The number of nitrogens with zero attached hydrogens (tertiary/aromatic N) is 1. The van der Waals surface area contributed by atoms with Gasteiger partial charge in [-0.1, -0.05) is 6.07 Å². The normalized spacial score (nSPS) is 15.8. The molecule has 1 aliphatic rings. The van der Waals surface area contributed by atoms with Gasteiger partial charge in [0.05, 0.1) is 13.2 Å². The van der Waals surface area contributed by atoms with Gasteiger partial charge in [0.15, 0.2) is 6.10 Å². The molecule has 2 aromatic rings. The number of aromatic amines is 1. The fourth-order valence-corrected chi connectivity index (χ4v) is 2.64. The second-order valence-corrected chi connectivity index (χ2v) is 6.38. The van der Waals surface area contributed by atoms with E-state index in [0.717, 1.165) is 23.9 Å². The van der Waals surface area contributed by atoms with E-state index in [1.54, 1.807) is 6.92 Å². The summed E-state index contributed by atoms with van der Waals surface area (Å²) in [6, 6.07) is 5.78. The van der Waals surface area contributed by atoms with Crippen LogP contribution in [0.3, 0.4) is 0 Å². The number of ether oxygens (including phenoxy) is 4. The van der Waals surface area contributed by atoms with Gasteiger partial charge >= 0.3 is 6.16 Å². The van der Waals surface area contributed by atoms with Crippen molar-refractivity contribution in [3.63, 3.8) is 0 Å². The molecule has 0 spiro atoms. The molecular weight excluding hydrogens is 324 g/mol. The lowest BCUT2D eigenvalue weighted by atomic mass is 10.1. The average Bonchev–Trinajstić information content (AvgIpc) is 2.93. The van der Waals surface area contributed by atoms with E-state index >= 15 is 0 Å². The number of rotatable bonds is 7. The van der Waals surface area contributed by atoms with Gasteiger partial charge in [-0.2, -0.15) is 0 Å². The molecule has 25 heavy (non-hydrogen) atoms. The third-order valence-corrected chi connectivity index (χ3v) is 4.00. The Balaban J connectivity index is 1.67. The minimum atomic E-state index is -0.754. The van der Waals surface area contributed by atoms with Crippen LogP contribution in [-0.4, -0.2) is 62.3 Å². The van der Waals surface area contributed by atoms with E-state index in [0.29, 0.717) is 19.0 Å². The van der Waals surface area contributed by atoms with E-state index in [2.05, 4.69) is 9.88 Å². The predicted octanol–water partition coefficient (Wildman–Crippen LogP) is 2.55. The van der Waals surface area contributed by atoms with Crippen molar-refractivity contribution in [3.8, 4) is 5.75 Å². The SMILES string of the molecule is CC(OC(=O)OC1COC1)Oc1cccc2[nH]cc(CCN(C)C)c12. The van der Waals surface area contributed by atoms with Crippen molar-refractivity contribution >= 4 is 17.1 Å². The monoisotopic (exact) mass is 348 g/mol. The number of aromatic nitrogens is 1. The van der Waals surface area contributed by atoms with Gasteiger partial charge in [-0.3, -0.25) is 0 Å². The van der Waals surface area contributed by atoms with Gasteiger partial charge in [0.25, 0.3) is 0 Å². The number of likely N-dealkylation sites (N-methyl/N-ethyl adjacent to an activating group) is 1. The van der Waals surface area contributed by atoms with Gasteiger partial charge in [-0.15, -0.1) is 0 Å². The Hall–Kier alpha value is -2.25. The van der Waals surface area contributed by atoms with Gasteiger partial charge in [0.2, 0.25) is 6.29 Å². The predicted molar refractivity (Wildman–Crippen MR) is 92.8 cm³/mol. The first-order chi connectivity index (χ1) is 12.0. The highest BCUT2D eigenvalue weighted by molar-refractivity contribution is 5.89. The summed E-state index contributed by atoms with van der Waals surface area (Å²) in [5.74, 6) is 0.680. The lowest BCUT2D eigenvalue weighted by Gasteiger charge is -2.25. The van der Waals surface area contributed by atoms with Crippen molar-refractivity contribution in [2.24, 2.45) is 0 Å². The fraction of sp³-hybridized carbons (Fsp3) is 0.500.